The van der Waals surface area contributed by atoms with Crippen LogP contribution in [-0.2, 0) is 9.53 Å². The molecule has 0 saturated heterocycles. The van der Waals surface area contributed by atoms with Crippen molar-refractivity contribution >= 4 is 28.5 Å². The fourth-order valence-corrected chi connectivity index (χ4v) is 2.66. The van der Waals surface area contributed by atoms with Gasteiger partial charge in [-0.15, -0.1) is 0 Å². The Bertz CT molecular complexity index is 950. The molecule has 2 aromatic carbocycles. The van der Waals surface area contributed by atoms with E-state index in [-0.39, 0.29) is 29.7 Å². The zero-order valence-corrected chi connectivity index (χ0v) is 14.9. The first-order chi connectivity index (χ1) is 13.0. The van der Waals surface area contributed by atoms with Crippen LogP contribution in [0.15, 0.2) is 52.9 Å². The molecule has 0 aliphatic heterocycles. The van der Waals surface area contributed by atoms with E-state index in [1.807, 2.05) is 30.3 Å². The van der Waals surface area contributed by atoms with Crippen molar-refractivity contribution in [1.82, 2.24) is 5.32 Å². The third-order valence-corrected chi connectivity index (χ3v) is 4.08. The highest BCUT2D eigenvalue weighted by Gasteiger charge is 2.15. The molecule has 1 aromatic heterocycles. The molecule has 0 aliphatic carbocycles. The van der Waals surface area contributed by atoms with Crippen LogP contribution in [0.4, 0.5) is 10.1 Å². The number of fused-ring (bicyclic) bond motifs is 1. The molecule has 0 fully saturated rings. The number of para-hydroxylation sites is 1. The van der Waals surface area contributed by atoms with Crippen molar-refractivity contribution in [2.45, 2.75) is 13.0 Å². The Balaban J connectivity index is 1.61. The fourth-order valence-electron chi connectivity index (χ4n) is 2.66. The molecule has 3 aromatic rings. The Hall–Kier alpha value is -3.35. The molecule has 1 amide bonds. The summed E-state index contributed by atoms with van der Waals surface area (Å²) < 4.78 is 24.2. The van der Waals surface area contributed by atoms with Crippen molar-refractivity contribution < 1.29 is 23.1 Å². The lowest BCUT2D eigenvalue weighted by atomic mass is 10.2. The van der Waals surface area contributed by atoms with Gasteiger partial charge in [-0.05, 0) is 37.3 Å². The quantitative estimate of drug-likeness (QED) is 0.648. The second-order valence-corrected chi connectivity index (χ2v) is 6.02. The number of esters is 1. The van der Waals surface area contributed by atoms with Crippen LogP contribution < -0.4 is 10.6 Å². The molecule has 6 nitrogen and oxygen atoms in total. The Morgan fingerprint density at radius 1 is 1.19 bits per heavy atom. The SMILES string of the molecule is COC(=O)c1ccc(F)c(NCC(=O)NC(C)c2cc3ccccc3o2)c1. The largest absolute Gasteiger partial charge is 0.465 e. The van der Waals surface area contributed by atoms with Crippen LogP contribution in [0.25, 0.3) is 11.0 Å². The lowest BCUT2D eigenvalue weighted by molar-refractivity contribution is -0.120. The van der Waals surface area contributed by atoms with Gasteiger partial charge in [0.25, 0.3) is 0 Å². The van der Waals surface area contributed by atoms with Crippen LogP contribution >= 0.6 is 0 Å². The maximum absolute atomic E-state index is 13.9. The lowest BCUT2D eigenvalue weighted by Crippen LogP contribution is -2.32. The predicted molar refractivity (Wildman–Crippen MR) is 99.0 cm³/mol. The van der Waals surface area contributed by atoms with Crippen LogP contribution in [0.3, 0.4) is 0 Å². The van der Waals surface area contributed by atoms with Gasteiger partial charge in [0, 0.05) is 5.39 Å². The number of hydrogen-bond acceptors (Lipinski definition) is 5. The normalized spacial score (nSPS) is 11.8. The Morgan fingerprint density at radius 3 is 2.70 bits per heavy atom. The number of rotatable bonds is 6. The van der Waals surface area contributed by atoms with Crippen LogP contribution in [0.5, 0.6) is 0 Å². The van der Waals surface area contributed by atoms with E-state index < -0.39 is 11.8 Å². The van der Waals surface area contributed by atoms with Crippen LogP contribution in [0.2, 0.25) is 0 Å². The van der Waals surface area contributed by atoms with Gasteiger partial charge in [-0.1, -0.05) is 18.2 Å². The molecule has 1 unspecified atom stereocenters. The third-order valence-electron chi connectivity index (χ3n) is 4.08. The average Bonchev–Trinajstić information content (AvgIpc) is 3.11. The summed E-state index contributed by atoms with van der Waals surface area (Å²) >= 11 is 0. The number of hydrogen-bond donors (Lipinski definition) is 2. The highest BCUT2D eigenvalue weighted by Crippen LogP contribution is 2.23. The van der Waals surface area contributed by atoms with Gasteiger partial charge < -0.3 is 19.8 Å². The predicted octanol–water partition coefficient (Wildman–Crippen LogP) is 3.65. The van der Waals surface area contributed by atoms with Crippen LogP contribution in [0.1, 0.15) is 29.1 Å². The summed E-state index contributed by atoms with van der Waals surface area (Å²) in [6.07, 6.45) is 0. The third kappa shape index (κ3) is 4.25. The van der Waals surface area contributed by atoms with E-state index in [0.29, 0.717) is 5.76 Å². The summed E-state index contributed by atoms with van der Waals surface area (Å²) in [5.41, 5.74) is 0.982. The molecule has 0 bridgehead atoms. The number of methoxy groups -OCH3 is 1. The van der Waals surface area contributed by atoms with Gasteiger partial charge in [-0.25, -0.2) is 9.18 Å². The summed E-state index contributed by atoms with van der Waals surface area (Å²) in [7, 11) is 1.24. The molecular formula is C20H19FN2O4. The van der Waals surface area contributed by atoms with Crippen LogP contribution in [-0.4, -0.2) is 25.5 Å². The van der Waals surface area contributed by atoms with E-state index in [0.717, 1.165) is 17.0 Å². The highest BCUT2D eigenvalue weighted by molar-refractivity contribution is 5.90. The first-order valence-corrected chi connectivity index (χ1v) is 8.37. The average molecular weight is 370 g/mol. The monoisotopic (exact) mass is 370 g/mol. The van der Waals surface area contributed by atoms with Gasteiger partial charge in [0.05, 0.1) is 30.9 Å². The molecule has 1 heterocycles. The molecule has 7 heteroatoms. The van der Waals surface area contributed by atoms with E-state index in [4.69, 9.17) is 4.42 Å². The lowest BCUT2D eigenvalue weighted by Gasteiger charge is -2.13. The van der Waals surface area contributed by atoms with Crippen molar-refractivity contribution in [1.29, 1.82) is 0 Å². The minimum atomic E-state index is -0.582. The van der Waals surface area contributed by atoms with Crippen molar-refractivity contribution in [3.05, 3.63) is 65.7 Å². The van der Waals surface area contributed by atoms with E-state index in [1.165, 1.54) is 19.2 Å². The number of nitrogens with one attached hydrogen (secondary N) is 2. The van der Waals surface area contributed by atoms with E-state index >= 15 is 0 Å². The number of anilines is 1. The van der Waals surface area contributed by atoms with Crippen molar-refractivity contribution in [3.63, 3.8) is 0 Å². The first-order valence-electron chi connectivity index (χ1n) is 8.37. The van der Waals surface area contributed by atoms with Gasteiger partial charge >= 0.3 is 5.97 Å². The minimum absolute atomic E-state index is 0.0458. The van der Waals surface area contributed by atoms with Gasteiger partial charge in [-0.3, -0.25) is 4.79 Å². The van der Waals surface area contributed by atoms with Crippen LogP contribution in [0, 0.1) is 5.82 Å². The molecule has 0 radical (unpaired) electrons. The van der Waals surface area contributed by atoms with E-state index in [2.05, 4.69) is 15.4 Å². The van der Waals surface area contributed by atoms with Gasteiger partial charge in [0.2, 0.25) is 5.91 Å². The number of benzene rings is 2. The maximum Gasteiger partial charge on any atom is 0.337 e. The van der Waals surface area contributed by atoms with Gasteiger partial charge in [-0.2, -0.15) is 0 Å². The molecule has 3 rings (SSSR count). The topological polar surface area (TPSA) is 80.6 Å². The molecule has 140 valence electrons. The Kier molecular flexibility index (Phi) is 5.40. The Morgan fingerprint density at radius 2 is 1.96 bits per heavy atom. The summed E-state index contributed by atoms with van der Waals surface area (Å²) in [4.78, 5) is 23.7. The molecular weight excluding hydrogens is 351 g/mol. The first kappa shape index (κ1) is 18.4. The number of amides is 1. The number of ether oxygens (including phenoxy) is 1. The second-order valence-electron chi connectivity index (χ2n) is 6.02. The zero-order chi connectivity index (χ0) is 19.4. The minimum Gasteiger partial charge on any atom is -0.465 e. The fraction of sp³-hybridized carbons (Fsp3) is 0.200. The summed E-state index contributed by atoms with van der Waals surface area (Å²) in [6.45, 7) is 1.64. The summed E-state index contributed by atoms with van der Waals surface area (Å²) in [5, 5.41) is 6.43. The molecule has 2 N–H and O–H groups in total. The highest BCUT2D eigenvalue weighted by atomic mass is 19.1. The molecule has 1 atom stereocenters. The Labute approximate surface area is 155 Å². The molecule has 0 saturated carbocycles. The zero-order valence-electron chi connectivity index (χ0n) is 14.9. The van der Waals surface area contributed by atoms with E-state index in [1.54, 1.807) is 6.92 Å². The number of carbonyl (C=O) groups is 2. The molecule has 0 aliphatic rings. The maximum atomic E-state index is 13.9. The number of furan rings is 1. The van der Waals surface area contributed by atoms with Crippen molar-refractivity contribution in [2.75, 3.05) is 19.0 Å². The van der Waals surface area contributed by atoms with Gasteiger partial charge in [0.15, 0.2) is 0 Å². The second kappa shape index (κ2) is 7.90. The summed E-state index contributed by atoms with van der Waals surface area (Å²) in [5.74, 6) is -0.865. The molecule has 27 heavy (non-hydrogen) atoms. The number of halogens is 1. The van der Waals surface area contributed by atoms with E-state index in [9.17, 15) is 14.0 Å². The van der Waals surface area contributed by atoms with Gasteiger partial charge in [0.1, 0.15) is 17.2 Å². The smallest absolute Gasteiger partial charge is 0.337 e. The van der Waals surface area contributed by atoms with Crippen molar-refractivity contribution in [3.8, 4) is 0 Å². The standard InChI is InChI=1S/C20H19FN2O4/c1-12(18-10-13-5-3-4-6-17(13)27-18)23-19(24)11-22-16-9-14(20(25)26-2)7-8-15(16)21/h3-10,12,22H,11H2,1-2H3,(H,23,24). The number of carbonyl (C=O) groups excluding carboxylic acids is 2. The van der Waals surface area contributed by atoms with Crippen molar-refractivity contribution in [2.24, 2.45) is 0 Å². The molecule has 0 spiro atoms. The summed E-state index contributed by atoms with van der Waals surface area (Å²) in [6, 6.07) is 12.8.